The first-order valence-corrected chi connectivity index (χ1v) is 7.98. The molecular formula is C16H36N2O. The van der Waals surface area contributed by atoms with Crippen LogP contribution in [0.1, 0.15) is 53.9 Å². The number of rotatable bonds is 12. The van der Waals surface area contributed by atoms with Crippen molar-refractivity contribution in [1.82, 2.24) is 10.2 Å². The lowest BCUT2D eigenvalue weighted by Crippen LogP contribution is -2.49. The van der Waals surface area contributed by atoms with E-state index in [0.717, 1.165) is 19.7 Å². The molecule has 0 aromatic heterocycles. The van der Waals surface area contributed by atoms with Crippen molar-refractivity contribution in [3.8, 4) is 0 Å². The second-order valence-electron chi connectivity index (χ2n) is 6.20. The fourth-order valence-electron chi connectivity index (χ4n) is 2.41. The van der Waals surface area contributed by atoms with Crippen molar-refractivity contribution in [3.63, 3.8) is 0 Å². The van der Waals surface area contributed by atoms with Gasteiger partial charge in [-0.05, 0) is 39.3 Å². The van der Waals surface area contributed by atoms with Gasteiger partial charge < -0.3 is 10.1 Å². The summed E-state index contributed by atoms with van der Waals surface area (Å²) in [6.07, 6.45) is 3.90. The molecule has 116 valence electrons. The summed E-state index contributed by atoms with van der Waals surface area (Å²) in [5, 5.41) is 3.57. The van der Waals surface area contributed by atoms with Crippen LogP contribution in [0, 0.1) is 5.92 Å². The minimum absolute atomic E-state index is 0.487. The SMILES string of the molecule is CCCCCN(C(C)C)C(CNCC(C)C)COC. The molecule has 0 saturated carbocycles. The van der Waals surface area contributed by atoms with Gasteiger partial charge in [0.25, 0.3) is 0 Å². The zero-order valence-electron chi connectivity index (χ0n) is 14.0. The van der Waals surface area contributed by atoms with E-state index in [2.05, 4.69) is 44.8 Å². The second-order valence-corrected chi connectivity index (χ2v) is 6.20. The minimum atomic E-state index is 0.487. The number of ether oxygens (including phenoxy) is 1. The van der Waals surface area contributed by atoms with Crippen molar-refractivity contribution in [1.29, 1.82) is 0 Å². The Bertz CT molecular complexity index is 195. The predicted octanol–water partition coefficient (Wildman–Crippen LogP) is 3.15. The van der Waals surface area contributed by atoms with E-state index in [-0.39, 0.29) is 0 Å². The molecule has 0 aliphatic carbocycles. The molecule has 0 amide bonds. The maximum atomic E-state index is 5.42. The molecule has 0 saturated heterocycles. The van der Waals surface area contributed by atoms with Crippen molar-refractivity contribution in [3.05, 3.63) is 0 Å². The Morgan fingerprint density at radius 3 is 2.21 bits per heavy atom. The number of methoxy groups -OCH3 is 1. The summed E-state index contributed by atoms with van der Waals surface area (Å²) in [6, 6.07) is 1.07. The summed E-state index contributed by atoms with van der Waals surface area (Å²) in [4.78, 5) is 2.59. The average Bonchev–Trinajstić information content (AvgIpc) is 2.33. The third-order valence-corrected chi connectivity index (χ3v) is 3.44. The third kappa shape index (κ3) is 9.42. The topological polar surface area (TPSA) is 24.5 Å². The van der Waals surface area contributed by atoms with Crippen LogP contribution in [0.5, 0.6) is 0 Å². The molecule has 0 radical (unpaired) electrons. The molecule has 0 heterocycles. The summed E-state index contributed by atoms with van der Waals surface area (Å²) in [5.74, 6) is 0.704. The molecule has 0 rings (SSSR count). The van der Waals surface area contributed by atoms with Crippen LogP contribution in [-0.2, 0) is 4.74 Å². The van der Waals surface area contributed by atoms with E-state index in [4.69, 9.17) is 4.74 Å². The van der Waals surface area contributed by atoms with Crippen molar-refractivity contribution >= 4 is 0 Å². The molecule has 0 aromatic rings. The molecule has 3 heteroatoms. The van der Waals surface area contributed by atoms with Crippen LogP contribution < -0.4 is 5.32 Å². The Hall–Kier alpha value is -0.120. The highest BCUT2D eigenvalue weighted by Crippen LogP contribution is 2.09. The van der Waals surface area contributed by atoms with Crippen LogP contribution in [0.4, 0.5) is 0 Å². The van der Waals surface area contributed by atoms with Gasteiger partial charge in [0.2, 0.25) is 0 Å². The minimum Gasteiger partial charge on any atom is -0.383 e. The molecule has 0 fully saturated rings. The normalized spacial score (nSPS) is 13.7. The smallest absolute Gasteiger partial charge is 0.0630 e. The van der Waals surface area contributed by atoms with Gasteiger partial charge in [-0.15, -0.1) is 0 Å². The summed E-state index contributed by atoms with van der Waals surface area (Å²) < 4.78 is 5.42. The van der Waals surface area contributed by atoms with Gasteiger partial charge in [-0.2, -0.15) is 0 Å². The monoisotopic (exact) mass is 272 g/mol. The fourth-order valence-corrected chi connectivity index (χ4v) is 2.41. The zero-order chi connectivity index (χ0) is 14.7. The van der Waals surface area contributed by atoms with Crippen LogP contribution in [0.15, 0.2) is 0 Å². The lowest BCUT2D eigenvalue weighted by molar-refractivity contribution is 0.0678. The molecule has 1 atom stereocenters. The Balaban J connectivity index is 4.30. The van der Waals surface area contributed by atoms with Gasteiger partial charge in [-0.25, -0.2) is 0 Å². The highest BCUT2D eigenvalue weighted by molar-refractivity contribution is 4.77. The molecule has 0 spiro atoms. The highest BCUT2D eigenvalue weighted by atomic mass is 16.5. The number of nitrogens with one attached hydrogen (secondary N) is 1. The molecule has 0 aliphatic heterocycles. The highest BCUT2D eigenvalue weighted by Gasteiger charge is 2.20. The van der Waals surface area contributed by atoms with E-state index in [1.165, 1.54) is 25.8 Å². The first-order chi connectivity index (χ1) is 9.02. The molecule has 3 nitrogen and oxygen atoms in total. The number of hydrogen-bond donors (Lipinski definition) is 1. The van der Waals surface area contributed by atoms with Crippen LogP contribution >= 0.6 is 0 Å². The maximum absolute atomic E-state index is 5.42. The van der Waals surface area contributed by atoms with E-state index in [9.17, 15) is 0 Å². The number of nitrogens with zero attached hydrogens (tertiary/aromatic N) is 1. The van der Waals surface area contributed by atoms with E-state index in [1.54, 1.807) is 7.11 Å². The van der Waals surface area contributed by atoms with E-state index < -0.39 is 0 Å². The van der Waals surface area contributed by atoms with Gasteiger partial charge in [0.15, 0.2) is 0 Å². The van der Waals surface area contributed by atoms with Crippen molar-refractivity contribution < 1.29 is 4.74 Å². The van der Waals surface area contributed by atoms with Gasteiger partial charge in [0.1, 0.15) is 0 Å². The molecule has 1 N–H and O–H groups in total. The van der Waals surface area contributed by atoms with Crippen LogP contribution in [0.25, 0.3) is 0 Å². The molecule has 0 aromatic carbocycles. The Morgan fingerprint density at radius 1 is 1.05 bits per heavy atom. The van der Waals surface area contributed by atoms with E-state index >= 15 is 0 Å². The van der Waals surface area contributed by atoms with Crippen LogP contribution in [0.3, 0.4) is 0 Å². The molecular weight excluding hydrogens is 236 g/mol. The summed E-state index contributed by atoms with van der Waals surface area (Å²) in [6.45, 7) is 15.4. The molecule has 19 heavy (non-hydrogen) atoms. The standard InChI is InChI=1S/C16H36N2O/c1-7-8-9-10-18(15(4)5)16(13-19-6)12-17-11-14(2)3/h14-17H,7-13H2,1-6H3. The quantitative estimate of drug-likeness (QED) is 0.552. The van der Waals surface area contributed by atoms with Gasteiger partial charge in [0, 0.05) is 25.7 Å². The third-order valence-electron chi connectivity index (χ3n) is 3.44. The number of hydrogen-bond acceptors (Lipinski definition) is 3. The lowest BCUT2D eigenvalue weighted by Gasteiger charge is -2.35. The van der Waals surface area contributed by atoms with Gasteiger partial charge >= 0.3 is 0 Å². The Labute approximate surface area is 121 Å². The van der Waals surface area contributed by atoms with E-state index in [0.29, 0.717) is 18.0 Å². The average molecular weight is 272 g/mol. The van der Waals surface area contributed by atoms with Crippen LogP contribution in [-0.4, -0.2) is 50.3 Å². The summed E-state index contributed by atoms with van der Waals surface area (Å²) >= 11 is 0. The summed E-state index contributed by atoms with van der Waals surface area (Å²) in [7, 11) is 1.81. The van der Waals surface area contributed by atoms with Crippen molar-refractivity contribution in [2.75, 3.05) is 33.4 Å². The zero-order valence-corrected chi connectivity index (χ0v) is 14.0. The predicted molar refractivity (Wildman–Crippen MR) is 84.7 cm³/mol. The Kier molecular flexibility index (Phi) is 11.6. The molecule has 1 unspecified atom stereocenters. The maximum Gasteiger partial charge on any atom is 0.0630 e. The second kappa shape index (κ2) is 11.7. The van der Waals surface area contributed by atoms with Crippen molar-refractivity contribution in [2.24, 2.45) is 5.92 Å². The van der Waals surface area contributed by atoms with E-state index in [1.807, 2.05) is 0 Å². The van der Waals surface area contributed by atoms with Gasteiger partial charge in [-0.3, -0.25) is 4.90 Å². The first kappa shape index (κ1) is 18.9. The largest absolute Gasteiger partial charge is 0.383 e. The first-order valence-electron chi connectivity index (χ1n) is 7.98. The fraction of sp³-hybridized carbons (Fsp3) is 1.00. The lowest BCUT2D eigenvalue weighted by atomic mass is 10.1. The van der Waals surface area contributed by atoms with Crippen LogP contribution in [0.2, 0.25) is 0 Å². The van der Waals surface area contributed by atoms with Gasteiger partial charge in [-0.1, -0.05) is 33.6 Å². The summed E-state index contributed by atoms with van der Waals surface area (Å²) in [5.41, 5.74) is 0. The number of unbranched alkanes of at least 4 members (excludes halogenated alkanes) is 2. The van der Waals surface area contributed by atoms with Gasteiger partial charge in [0.05, 0.1) is 6.61 Å². The Morgan fingerprint density at radius 2 is 1.74 bits per heavy atom. The molecule has 0 bridgehead atoms. The molecule has 0 aliphatic rings. The van der Waals surface area contributed by atoms with Crippen molar-refractivity contribution in [2.45, 2.75) is 66.0 Å².